The third-order valence-electron chi connectivity index (χ3n) is 3.05. The summed E-state index contributed by atoms with van der Waals surface area (Å²) in [4.78, 5) is 2.05. The van der Waals surface area contributed by atoms with E-state index < -0.39 is 9.84 Å². The second kappa shape index (κ2) is 6.91. The lowest BCUT2D eigenvalue weighted by molar-refractivity contribution is 0.557. The maximum absolute atomic E-state index is 11.5. The lowest BCUT2D eigenvalue weighted by Crippen LogP contribution is -2.33. The van der Waals surface area contributed by atoms with Crippen LogP contribution in [-0.4, -0.2) is 40.1 Å². The molecule has 0 radical (unpaired) electrons. The molecule has 19 heavy (non-hydrogen) atoms. The Bertz CT molecular complexity index is 481. The predicted octanol–water partition coefficient (Wildman–Crippen LogP) is 1.67. The smallest absolute Gasteiger partial charge is 0.151 e. The largest absolute Gasteiger partial charge is 0.378 e. The van der Waals surface area contributed by atoms with Crippen LogP contribution in [0.4, 0.5) is 5.69 Å². The van der Waals surface area contributed by atoms with Gasteiger partial charge in [0.2, 0.25) is 0 Å². The molecule has 0 aromatic heterocycles. The Morgan fingerprint density at radius 2 is 1.79 bits per heavy atom. The Morgan fingerprint density at radius 3 is 2.26 bits per heavy atom. The van der Waals surface area contributed by atoms with Gasteiger partial charge >= 0.3 is 0 Å². The zero-order valence-electron chi connectivity index (χ0n) is 12.2. The fourth-order valence-corrected chi connectivity index (χ4v) is 2.88. The van der Waals surface area contributed by atoms with Crippen LogP contribution in [0, 0.1) is 0 Å². The first-order valence-electron chi connectivity index (χ1n) is 6.54. The minimum Gasteiger partial charge on any atom is -0.378 e. The van der Waals surface area contributed by atoms with E-state index in [0.29, 0.717) is 6.54 Å². The van der Waals surface area contributed by atoms with Gasteiger partial charge in [0.1, 0.15) is 0 Å². The van der Waals surface area contributed by atoms with Crippen LogP contribution in [0.3, 0.4) is 0 Å². The van der Waals surface area contributed by atoms with Gasteiger partial charge in [-0.25, -0.2) is 8.42 Å². The molecule has 0 spiro atoms. The average Bonchev–Trinajstić information content (AvgIpc) is 2.36. The summed E-state index contributed by atoms with van der Waals surface area (Å²) in [6.07, 6.45) is 0. The lowest BCUT2D eigenvalue weighted by atomic mass is 10.2. The molecule has 1 rings (SSSR count). The van der Waals surface area contributed by atoms with Crippen molar-refractivity contribution < 1.29 is 8.42 Å². The second-order valence-electron chi connectivity index (χ2n) is 5.04. The number of benzene rings is 1. The summed E-state index contributed by atoms with van der Waals surface area (Å²) in [5.41, 5.74) is 2.32. The Hall–Kier alpha value is -1.07. The van der Waals surface area contributed by atoms with Gasteiger partial charge in [-0.2, -0.15) is 0 Å². The van der Waals surface area contributed by atoms with Crippen molar-refractivity contribution >= 4 is 15.5 Å². The van der Waals surface area contributed by atoms with Gasteiger partial charge in [0.15, 0.2) is 9.84 Å². The molecule has 0 aliphatic rings. The fourth-order valence-electron chi connectivity index (χ4n) is 1.76. The SMILES string of the molecule is CCS(=O)(=O)CC(C)NCc1ccc(N(C)C)cc1. The molecule has 0 saturated heterocycles. The van der Waals surface area contributed by atoms with E-state index >= 15 is 0 Å². The zero-order valence-corrected chi connectivity index (χ0v) is 13.0. The molecule has 108 valence electrons. The number of nitrogens with one attached hydrogen (secondary N) is 1. The molecule has 5 heteroatoms. The third kappa shape index (κ3) is 5.61. The van der Waals surface area contributed by atoms with E-state index in [9.17, 15) is 8.42 Å². The van der Waals surface area contributed by atoms with Crippen LogP contribution in [0.5, 0.6) is 0 Å². The number of anilines is 1. The molecule has 1 aromatic carbocycles. The summed E-state index contributed by atoms with van der Waals surface area (Å²) < 4.78 is 23.0. The van der Waals surface area contributed by atoms with E-state index in [2.05, 4.69) is 29.6 Å². The predicted molar refractivity (Wildman–Crippen MR) is 81.4 cm³/mol. The molecule has 4 nitrogen and oxygen atoms in total. The quantitative estimate of drug-likeness (QED) is 0.827. The first-order valence-corrected chi connectivity index (χ1v) is 8.36. The van der Waals surface area contributed by atoms with E-state index in [0.717, 1.165) is 11.3 Å². The highest BCUT2D eigenvalue weighted by atomic mass is 32.2. The molecule has 1 N–H and O–H groups in total. The highest BCUT2D eigenvalue weighted by Crippen LogP contribution is 2.12. The summed E-state index contributed by atoms with van der Waals surface area (Å²) in [7, 11) is 1.10. The Kier molecular flexibility index (Phi) is 5.82. The van der Waals surface area contributed by atoms with E-state index in [1.54, 1.807) is 6.92 Å². The summed E-state index contributed by atoms with van der Waals surface area (Å²) in [6, 6.07) is 8.21. The van der Waals surface area contributed by atoms with E-state index in [-0.39, 0.29) is 17.5 Å². The molecule has 0 fully saturated rings. The number of hydrogen-bond acceptors (Lipinski definition) is 4. The van der Waals surface area contributed by atoms with Crippen molar-refractivity contribution in [3.05, 3.63) is 29.8 Å². The topological polar surface area (TPSA) is 49.4 Å². The monoisotopic (exact) mass is 284 g/mol. The van der Waals surface area contributed by atoms with Gasteiger partial charge in [-0.1, -0.05) is 19.1 Å². The van der Waals surface area contributed by atoms with E-state index in [1.165, 1.54) is 0 Å². The molecule has 0 saturated carbocycles. The van der Waals surface area contributed by atoms with Gasteiger partial charge in [0, 0.05) is 38.1 Å². The molecule has 0 amide bonds. The van der Waals surface area contributed by atoms with Crippen LogP contribution in [-0.2, 0) is 16.4 Å². The van der Waals surface area contributed by atoms with Gasteiger partial charge in [-0.15, -0.1) is 0 Å². The van der Waals surface area contributed by atoms with Crippen LogP contribution >= 0.6 is 0 Å². The molecule has 1 atom stereocenters. The van der Waals surface area contributed by atoms with Crippen LogP contribution in [0.25, 0.3) is 0 Å². The number of hydrogen-bond donors (Lipinski definition) is 1. The summed E-state index contributed by atoms with van der Waals surface area (Å²) in [5, 5.41) is 3.25. The van der Waals surface area contributed by atoms with Crippen molar-refractivity contribution in [3.63, 3.8) is 0 Å². The standard InChI is InChI=1S/C14H24N2O2S/c1-5-19(17,18)11-12(2)15-10-13-6-8-14(9-7-13)16(3)4/h6-9,12,15H,5,10-11H2,1-4H3. The Labute approximate surface area is 116 Å². The molecule has 0 heterocycles. The number of sulfone groups is 1. The molecule has 1 unspecified atom stereocenters. The maximum atomic E-state index is 11.5. The first kappa shape index (κ1) is 16.0. The van der Waals surface area contributed by atoms with E-state index in [4.69, 9.17) is 0 Å². The van der Waals surface area contributed by atoms with Crippen molar-refractivity contribution in [2.24, 2.45) is 0 Å². The highest BCUT2D eigenvalue weighted by molar-refractivity contribution is 7.91. The third-order valence-corrected chi connectivity index (χ3v) is 4.94. The van der Waals surface area contributed by atoms with Crippen LogP contribution in [0.2, 0.25) is 0 Å². The molecule has 0 aliphatic carbocycles. The lowest BCUT2D eigenvalue weighted by Gasteiger charge is -2.15. The van der Waals surface area contributed by atoms with Crippen molar-refractivity contribution in [2.45, 2.75) is 26.4 Å². The van der Waals surface area contributed by atoms with Gasteiger partial charge in [-0.3, -0.25) is 0 Å². The maximum Gasteiger partial charge on any atom is 0.151 e. The number of rotatable bonds is 7. The minimum atomic E-state index is -2.91. The van der Waals surface area contributed by atoms with Gasteiger partial charge in [-0.05, 0) is 24.6 Å². The van der Waals surface area contributed by atoms with Gasteiger partial charge < -0.3 is 10.2 Å². The summed E-state index contributed by atoms with van der Waals surface area (Å²) in [6.45, 7) is 4.28. The van der Waals surface area contributed by atoms with E-state index in [1.807, 2.05) is 25.9 Å². The molecular formula is C14H24N2O2S. The Balaban J connectivity index is 2.48. The van der Waals surface area contributed by atoms with Crippen molar-refractivity contribution in [2.75, 3.05) is 30.5 Å². The van der Waals surface area contributed by atoms with Crippen LogP contribution < -0.4 is 10.2 Å². The van der Waals surface area contributed by atoms with Crippen molar-refractivity contribution in [1.29, 1.82) is 0 Å². The Morgan fingerprint density at radius 1 is 1.21 bits per heavy atom. The van der Waals surface area contributed by atoms with Crippen LogP contribution in [0.15, 0.2) is 24.3 Å². The van der Waals surface area contributed by atoms with Crippen molar-refractivity contribution in [3.8, 4) is 0 Å². The number of nitrogens with zero attached hydrogens (tertiary/aromatic N) is 1. The minimum absolute atomic E-state index is 0.0292. The highest BCUT2D eigenvalue weighted by Gasteiger charge is 2.12. The van der Waals surface area contributed by atoms with Gasteiger partial charge in [0.25, 0.3) is 0 Å². The second-order valence-corrected chi connectivity index (χ2v) is 7.44. The van der Waals surface area contributed by atoms with Crippen molar-refractivity contribution in [1.82, 2.24) is 5.32 Å². The molecule has 0 bridgehead atoms. The zero-order chi connectivity index (χ0) is 14.5. The molecule has 1 aromatic rings. The molecule has 0 aliphatic heterocycles. The normalized spacial score (nSPS) is 13.3. The fraction of sp³-hybridized carbons (Fsp3) is 0.571. The average molecular weight is 284 g/mol. The summed E-state index contributed by atoms with van der Waals surface area (Å²) >= 11 is 0. The van der Waals surface area contributed by atoms with Gasteiger partial charge in [0.05, 0.1) is 5.75 Å². The summed E-state index contributed by atoms with van der Waals surface area (Å²) in [5.74, 6) is 0.399. The first-order chi connectivity index (χ1) is 8.84. The molecular weight excluding hydrogens is 260 g/mol. The van der Waals surface area contributed by atoms with Crippen LogP contribution in [0.1, 0.15) is 19.4 Å².